The third-order valence-corrected chi connectivity index (χ3v) is 7.48. The maximum absolute atomic E-state index is 13.6. The molecule has 0 radical (unpaired) electrons. The molecule has 10 heteroatoms. The number of carbonyl (C=O) groups excluding carboxylic acids is 2. The fourth-order valence-electron chi connectivity index (χ4n) is 5.15. The van der Waals surface area contributed by atoms with Gasteiger partial charge in [-0.15, -0.1) is 10.2 Å². The normalized spacial score (nSPS) is 20.6. The molecular formula is C27H29ClN4O5. The molecule has 3 heterocycles. The van der Waals surface area contributed by atoms with Gasteiger partial charge in [0.25, 0.3) is 0 Å². The number of Topliss-reactive ketones (excluding diaryl/α,β-unsaturated/α-hetero) is 1. The van der Waals surface area contributed by atoms with Crippen molar-refractivity contribution in [1.29, 1.82) is 0 Å². The molecule has 0 saturated carbocycles. The van der Waals surface area contributed by atoms with Crippen molar-refractivity contribution in [2.24, 2.45) is 5.92 Å². The van der Waals surface area contributed by atoms with Gasteiger partial charge in [-0.25, -0.2) is 0 Å². The highest BCUT2D eigenvalue weighted by Crippen LogP contribution is 2.52. The molecule has 1 spiro atoms. The number of ether oxygens (including phenoxy) is 3. The van der Waals surface area contributed by atoms with Crippen LogP contribution in [0.15, 0.2) is 42.2 Å². The predicted octanol–water partition coefficient (Wildman–Crippen LogP) is 4.21. The van der Waals surface area contributed by atoms with Gasteiger partial charge in [0.1, 0.15) is 27.9 Å². The first-order valence-electron chi connectivity index (χ1n) is 12.4. The van der Waals surface area contributed by atoms with Crippen LogP contribution in [-0.4, -0.2) is 52.5 Å². The van der Waals surface area contributed by atoms with Crippen molar-refractivity contribution in [2.75, 3.05) is 20.8 Å². The summed E-state index contributed by atoms with van der Waals surface area (Å²) in [7, 11) is 2.91. The molecule has 0 amide bonds. The number of pyridine rings is 1. The lowest BCUT2D eigenvalue weighted by molar-refractivity contribution is -0.129. The van der Waals surface area contributed by atoms with Gasteiger partial charge in [0.15, 0.2) is 11.4 Å². The molecule has 1 aliphatic carbocycles. The summed E-state index contributed by atoms with van der Waals surface area (Å²) in [6, 6.07) is 7.39. The SMILES string of the molecule is COc1cc(OC)c2c(c1Cl)OC1(C(=O)C=C(NCCCCCc3nnc4ccccn34)CC1C)C2=O. The highest BCUT2D eigenvalue weighted by molar-refractivity contribution is 6.36. The Morgan fingerprint density at radius 3 is 2.73 bits per heavy atom. The minimum atomic E-state index is -1.65. The molecule has 194 valence electrons. The van der Waals surface area contributed by atoms with Gasteiger partial charge in [-0.1, -0.05) is 31.0 Å². The predicted molar refractivity (Wildman–Crippen MR) is 138 cm³/mol. The third-order valence-electron chi connectivity index (χ3n) is 7.12. The van der Waals surface area contributed by atoms with Crippen LogP contribution in [-0.2, 0) is 11.2 Å². The van der Waals surface area contributed by atoms with Gasteiger partial charge in [-0.05, 0) is 31.4 Å². The zero-order valence-electron chi connectivity index (χ0n) is 21.0. The highest BCUT2D eigenvalue weighted by Gasteiger charge is 2.60. The molecule has 2 aromatic heterocycles. The molecule has 1 aromatic carbocycles. The molecule has 0 bridgehead atoms. The molecular weight excluding hydrogens is 496 g/mol. The molecule has 9 nitrogen and oxygen atoms in total. The van der Waals surface area contributed by atoms with E-state index >= 15 is 0 Å². The number of carbonyl (C=O) groups is 2. The quantitative estimate of drug-likeness (QED) is 0.328. The van der Waals surface area contributed by atoms with Crippen molar-refractivity contribution in [3.8, 4) is 17.2 Å². The fourth-order valence-corrected chi connectivity index (χ4v) is 5.41. The molecule has 0 saturated heterocycles. The van der Waals surface area contributed by atoms with Gasteiger partial charge in [-0.2, -0.15) is 0 Å². The standard InChI is InChI=1S/C27H29ClN4O5/c1-16-13-17(29-11-7-4-5-9-21-30-31-22-10-6-8-12-32(21)22)14-20(33)27(16)26(34)23-18(35-2)15-19(36-3)24(28)25(23)37-27/h6,8,10,12,14-16,29H,4-5,7,9,11,13H2,1-3H3. The van der Waals surface area contributed by atoms with Crippen molar-refractivity contribution >= 4 is 28.8 Å². The van der Waals surface area contributed by atoms with E-state index in [2.05, 4.69) is 15.5 Å². The van der Waals surface area contributed by atoms with E-state index in [1.54, 1.807) is 0 Å². The van der Waals surface area contributed by atoms with Crippen LogP contribution >= 0.6 is 11.6 Å². The Morgan fingerprint density at radius 1 is 1.16 bits per heavy atom. The summed E-state index contributed by atoms with van der Waals surface area (Å²) in [6.45, 7) is 2.57. The summed E-state index contributed by atoms with van der Waals surface area (Å²) >= 11 is 6.44. The van der Waals surface area contributed by atoms with E-state index in [4.69, 9.17) is 25.8 Å². The lowest BCUT2D eigenvalue weighted by atomic mass is 9.74. The summed E-state index contributed by atoms with van der Waals surface area (Å²) in [5, 5.41) is 12.0. The van der Waals surface area contributed by atoms with Crippen molar-refractivity contribution in [3.63, 3.8) is 0 Å². The van der Waals surface area contributed by atoms with Gasteiger partial charge in [0.05, 0.1) is 14.2 Å². The average molecular weight is 525 g/mol. The number of unbranched alkanes of at least 4 members (excludes halogenated alkanes) is 2. The zero-order valence-corrected chi connectivity index (χ0v) is 21.8. The number of ketones is 2. The Morgan fingerprint density at radius 2 is 1.97 bits per heavy atom. The Bertz CT molecular complexity index is 1400. The van der Waals surface area contributed by atoms with E-state index in [1.807, 2.05) is 35.7 Å². The number of nitrogens with zero attached hydrogens (tertiary/aromatic N) is 3. The molecule has 2 aliphatic rings. The molecule has 5 rings (SSSR count). The van der Waals surface area contributed by atoms with E-state index < -0.39 is 23.1 Å². The summed E-state index contributed by atoms with van der Waals surface area (Å²) < 4.78 is 18.8. The van der Waals surface area contributed by atoms with Crippen LogP contribution in [0.5, 0.6) is 17.2 Å². The summed E-state index contributed by atoms with van der Waals surface area (Å²) in [6.07, 6.45) is 7.74. The largest absolute Gasteiger partial charge is 0.496 e. The smallest absolute Gasteiger partial charge is 0.236 e. The Kier molecular flexibility index (Phi) is 6.81. The first kappa shape index (κ1) is 25.1. The zero-order chi connectivity index (χ0) is 26.2. The number of methoxy groups -OCH3 is 2. The molecule has 37 heavy (non-hydrogen) atoms. The monoisotopic (exact) mass is 524 g/mol. The number of rotatable bonds is 9. The van der Waals surface area contributed by atoms with Crippen LogP contribution in [0.4, 0.5) is 0 Å². The first-order chi connectivity index (χ1) is 17.9. The lowest BCUT2D eigenvalue weighted by Crippen LogP contribution is -2.55. The minimum absolute atomic E-state index is 0.133. The van der Waals surface area contributed by atoms with E-state index in [1.165, 1.54) is 26.4 Å². The number of aryl methyl sites for hydroxylation is 1. The summed E-state index contributed by atoms with van der Waals surface area (Å²) in [5.41, 5.74) is 0.179. The average Bonchev–Trinajstić information content (AvgIpc) is 3.45. The molecule has 2 atom stereocenters. The van der Waals surface area contributed by atoms with Crippen LogP contribution in [0.3, 0.4) is 0 Å². The minimum Gasteiger partial charge on any atom is -0.496 e. The summed E-state index contributed by atoms with van der Waals surface area (Å²) in [4.78, 5) is 26.9. The summed E-state index contributed by atoms with van der Waals surface area (Å²) in [5.74, 6) is 0.440. The number of halogens is 1. The van der Waals surface area contributed by atoms with Gasteiger partial charge in [0, 0.05) is 42.9 Å². The number of fused-ring (bicyclic) bond motifs is 2. The second-order valence-electron chi connectivity index (χ2n) is 9.39. The van der Waals surface area contributed by atoms with Crippen LogP contribution in [0, 0.1) is 5.92 Å². The van der Waals surface area contributed by atoms with Crippen LogP contribution in [0.2, 0.25) is 5.02 Å². The second-order valence-corrected chi connectivity index (χ2v) is 9.77. The number of hydrogen-bond acceptors (Lipinski definition) is 8. The van der Waals surface area contributed by atoms with Crippen molar-refractivity contribution in [3.05, 3.63) is 58.6 Å². The van der Waals surface area contributed by atoms with E-state index in [9.17, 15) is 9.59 Å². The fraction of sp³-hybridized carbons (Fsp3) is 0.407. The first-order valence-corrected chi connectivity index (χ1v) is 12.7. The molecule has 1 aliphatic heterocycles. The third kappa shape index (κ3) is 4.21. The van der Waals surface area contributed by atoms with E-state index in [-0.39, 0.29) is 22.1 Å². The van der Waals surface area contributed by atoms with Gasteiger partial charge in [-0.3, -0.25) is 14.0 Å². The van der Waals surface area contributed by atoms with Crippen molar-refractivity contribution in [1.82, 2.24) is 19.9 Å². The van der Waals surface area contributed by atoms with Gasteiger partial charge >= 0.3 is 0 Å². The van der Waals surface area contributed by atoms with Crippen molar-refractivity contribution < 1.29 is 23.8 Å². The topological polar surface area (TPSA) is 104 Å². The number of aromatic nitrogens is 3. The number of hydrogen-bond donors (Lipinski definition) is 1. The van der Waals surface area contributed by atoms with Gasteiger partial charge < -0.3 is 19.5 Å². The Balaban J connectivity index is 1.20. The van der Waals surface area contributed by atoms with Crippen LogP contribution < -0.4 is 19.5 Å². The Labute approximate surface area is 219 Å². The number of benzene rings is 1. The maximum Gasteiger partial charge on any atom is 0.236 e. The highest BCUT2D eigenvalue weighted by atomic mass is 35.5. The molecule has 1 N–H and O–H groups in total. The number of nitrogens with one attached hydrogen (secondary N) is 1. The second kappa shape index (κ2) is 10.0. The van der Waals surface area contributed by atoms with Crippen molar-refractivity contribution in [2.45, 2.75) is 44.6 Å². The van der Waals surface area contributed by atoms with Crippen LogP contribution in [0.25, 0.3) is 5.65 Å². The molecule has 2 unspecified atom stereocenters. The lowest BCUT2D eigenvalue weighted by Gasteiger charge is -2.35. The van der Waals surface area contributed by atoms with Crippen LogP contribution in [0.1, 0.15) is 48.8 Å². The maximum atomic E-state index is 13.6. The Hall–Kier alpha value is -3.59. The van der Waals surface area contributed by atoms with Gasteiger partial charge in [0.2, 0.25) is 17.2 Å². The van der Waals surface area contributed by atoms with E-state index in [0.717, 1.165) is 49.4 Å². The molecule has 3 aromatic rings. The van der Waals surface area contributed by atoms with E-state index in [0.29, 0.717) is 12.2 Å². The molecule has 0 fully saturated rings. The number of allylic oxidation sites excluding steroid dienone is 1.